The maximum Gasteiger partial charge on any atom is 0.192 e. The number of thioether (sulfide) groups is 1. The fraction of sp³-hybridized carbons (Fsp3) is 0.200. The summed E-state index contributed by atoms with van der Waals surface area (Å²) in [6.45, 7) is 0. The Kier molecular flexibility index (Phi) is 4.61. The van der Waals surface area contributed by atoms with Crippen LogP contribution in [0.1, 0.15) is 0 Å². The van der Waals surface area contributed by atoms with Crippen LogP contribution in [0, 0.1) is 11.2 Å². The van der Waals surface area contributed by atoms with Crippen molar-refractivity contribution >= 4 is 79.5 Å². The number of hydrogen-bond donors (Lipinski definition) is 0. The molecule has 0 saturated heterocycles. The highest BCUT2D eigenvalue weighted by atomic mass is 127. The van der Waals surface area contributed by atoms with Crippen LogP contribution >= 0.6 is 79.5 Å². The molecule has 0 bridgehead atoms. The SMILES string of the molecule is CSc1c(I)nc(I)nc1I. The van der Waals surface area contributed by atoms with E-state index in [-0.39, 0.29) is 0 Å². The molecule has 0 aromatic carbocycles. The second kappa shape index (κ2) is 4.74. The molecule has 0 aliphatic heterocycles. The normalized spacial score (nSPS) is 10.2. The Morgan fingerprint density at radius 3 is 1.91 bits per heavy atom. The van der Waals surface area contributed by atoms with Gasteiger partial charge in [-0.1, -0.05) is 0 Å². The Morgan fingerprint density at radius 1 is 1.09 bits per heavy atom. The Balaban J connectivity index is 3.25. The Hall–Kier alpha value is 1.62. The van der Waals surface area contributed by atoms with Gasteiger partial charge in [0.25, 0.3) is 0 Å². The third-order valence-electron chi connectivity index (χ3n) is 0.960. The molecule has 60 valence electrons. The molecular weight excluding hydrogens is 501 g/mol. The van der Waals surface area contributed by atoms with E-state index < -0.39 is 0 Å². The summed E-state index contributed by atoms with van der Waals surface area (Å²) in [5.41, 5.74) is 0. The predicted molar refractivity (Wildman–Crippen MR) is 72.0 cm³/mol. The molecule has 0 N–H and O–H groups in total. The Bertz CT molecular complexity index is 255. The first-order chi connectivity index (χ1) is 5.15. The average Bonchev–Trinajstić information content (AvgIpc) is 1.85. The summed E-state index contributed by atoms with van der Waals surface area (Å²) in [5, 5.41) is 0. The van der Waals surface area contributed by atoms with Gasteiger partial charge in [0.05, 0.1) is 4.90 Å². The lowest BCUT2D eigenvalue weighted by molar-refractivity contribution is 0.983. The first kappa shape index (κ1) is 10.7. The van der Waals surface area contributed by atoms with Crippen molar-refractivity contribution in [1.82, 2.24) is 9.97 Å². The zero-order chi connectivity index (χ0) is 8.43. The maximum atomic E-state index is 4.24. The van der Waals surface area contributed by atoms with E-state index in [1.165, 1.54) is 4.90 Å². The summed E-state index contributed by atoms with van der Waals surface area (Å²) < 4.78 is 2.90. The van der Waals surface area contributed by atoms with E-state index in [0.717, 1.165) is 11.2 Å². The number of hydrogen-bond acceptors (Lipinski definition) is 3. The number of aromatic nitrogens is 2. The van der Waals surface area contributed by atoms with Gasteiger partial charge in [0.1, 0.15) is 7.40 Å². The van der Waals surface area contributed by atoms with Crippen molar-refractivity contribution in [3.05, 3.63) is 11.2 Å². The van der Waals surface area contributed by atoms with Gasteiger partial charge in [0.2, 0.25) is 0 Å². The minimum absolute atomic E-state index is 0.814. The second-order valence-corrected chi connectivity index (χ2v) is 5.43. The van der Waals surface area contributed by atoms with Gasteiger partial charge in [-0.3, -0.25) is 0 Å². The van der Waals surface area contributed by atoms with Crippen molar-refractivity contribution in [2.45, 2.75) is 4.90 Å². The van der Waals surface area contributed by atoms with Gasteiger partial charge in [0.15, 0.2) is 3.83 Å². The van der Waals surface area contributed by atoms with Gasteiger partial charge in [-0.25, -0.2) is 9.97 Å². The molecule has 1 aromatic heterocycles. The highest BCUT2D eigenvalue weighted by molar-refractivity contribution is 14.1. The summed E-state index contributed by atoms with van der Waals surface area (Å²) in [7, 11) is 0. The predicted octanol–water partition coefficient (Wildman–Crippen LogP) is 3.01. The molecule has 1 heterocycles. The quantitative estimate of drug-likeness (QED) is 0.255. The molecule has 0 saturated carbocycles. The van der Waals surface area contributed by atoms with Crippen molar-refractivity contribution in [3.63, 3.8) is 0 Å². The standard InChI is InChI=1S/C5H3I3N2S/c1-11-2-3(6)9-5(8)10-4(2)7/h1H3. The highest BCUT2D eigenvalue weighted by Crippen LogP contribution is 2.25. The largest absolute Gasteiger partial charge is 0.216 e. The minimum atomic E-state index is 0.814. The third-order valence-corrected chi connectivity index (χ3v) is 4.53. The topological polar surface area (TPSA) is 25.8 Å². The van der Waals surface area contributed by atoms with E-state index in [9.17, 15) is 0 Å². The van der Waals surface area contributed by atoms with E-state index in [0.29, 0.717) is 0 Å². The van der Waals surface area contributed by atoms with Crippen LogP contribution in [0.25, 0.3) is 0 Å². The highest BCUT2D eigenvalue weighted by Gasteiger charge is 2.07. The van der Waals surface area contributed by atoms with Crippen LogP contribution in [0.5, 0.6) is 0 Å². The van der Waals surface area contributed by atoms with Crippen LogP contribution in [-0.4, -0.2) is 16.2 Å². The number of rotatable bonds is 1. The van der Waals surface area contributed by atoms with Crippen LogP contribution in [0.4, 0.5) is 0 Å². The first-order valence-electron chi connectivity index (χ1n) is 2.57. The molecule has 0 unspecified atom stereocenters. The van der Waals surface area contributed by atoms with Gasteiger partial charge >= 0.3 is 0 Å². The molecule has 0 radical (unpaired) electrons. The fourth-order valence-electron chi connectivity index (χ4n) is 0.542. The minimum Gasteiger partial charge on any atom is -0.216 e. The lowest BCUT2D eigenvalue weighted by Crippen LogP contribution is -1.96. The summed E-state index contributed by atoms with van der Waals surface area (Å²) in [4.78, 5) is 9.66. The number of nitrogens with zero attached hydrogens (tertiary/aromatic N) is 2. The zero-order valence-corrected chi connectivity index (χ0v) is 12.7. The lowest BCUT2D eigenvalue weighted by atomic mass is 10.7. The zero-order valence-electron chi connectivity index (χ0n) is 5.44. The molecule has 11 heavy (non-hydrogen) atoms. The number of halogens is 3. The molecule has 0 amide bonds. The van der Waals surface area contributed by atoms with Crippen molar-refractivity contribution in [1.29, 1.82) is 0 Å². The Morgan fingerprint density at radius 2 is 1.55 bits per heavy atom. The van der Waals surface area contributed by atoms with E-state index in [2.05, 4.69) is 77.7 Å². The van der Waals surface area contributed by atoms with Crippen LogP contribution in [0.3, 0.4) is 0 Å². The molecule has 0 spiro atoms. The monoisotopic (exact) mass is 504 g/mol. The van der Waals surface area contributed by atoms with Gasteiger partial charge in [-0.05, 0) is 51.4 Å². The molecule has 0 aliphatic rings. The van der Waals surface area contributed by atoms with Gasteiger partial charge in [0, 0.05) is 22.6 Å². The molecule has 0 fully saturated rings. The fourth-order valence-corrected chi connectivity index (χ4v) is 5.18. The average molecular weight is 504 g/mol. The van der Waals surface area contributed by atoms with Crippen molar-refractivity contribution in [2.75, 3.05) is 6.26 Å². The summed E-state index contributed by atoms with van der Waals surface area (Å²) in [6, 6.07) is 0. The first-order valence-corrected chi connectivity index (χ1v) is 7.03. The molecule has 0 atom stereocenters. The Labute approximate surface area is 110 Å². The van der Waals surface area contributed by atoms with Crippen molar-refractivity contribution in [2.24, 2.45) is 0 Å². The summed E-state index contributed by atoms with van der Waals surface area (Å²) in [6.07, 6.45) is 2.04. The van der Waals surface area contributed by atoms with Gasteiger partial charge in [-0.2, -0.15) is 0 Å². The smallest absolute Gasteiger partial charge is 0.192 e. The van der Waals surface area contributed by atoms with Gasteiger partial charge in [-0.15, -0.1) is 11.8 Å². The molecule has 0 aliphatic carbocycles. The van der Waals surface area contributed by atoms with E-state index in [1.807, 2.05) is 6.26 Å². The van der Waals surface area contributed by atoms with E-state index in [1.54, 1.807) is 11.8 Å². The van der Waals surface area contributed by atoms with Crippen molar-refractivity contribution < 1.29 is 0 Å². The van der Waals surface area contributed by atoms with Crippen LogP contribution in [-0.2, 0) is 0 Å². The molecule has 1 aromatic rings. The summed E-state index contributed by atoms with van der Waals surface area (Å²) in [5.74, 6) is 0. The van der Waals surface area contributed by atoms with Crippen LogP contribution < -0.4 is 0 Å². The van der Waals surface area contributed by atoms with E-state index >= 15 is 0 Å². The van der Waals surface area contributed by atoms with Crippen LogP contribution in [0.15, 0.2) is 4.90 Å². The van der Waals surface area contributed by atoms with E-state index in [4.69, 9.17) is 0 Å². The molecule has 2 nitrogen and oxygen atoms in total. The second-order valence-electron chi connectivity index (χ2n) is 1.61. The molecule has 1 rings (SSSR count). The van der Waals surface area contributed by atoms with Crippen molar-refractivity contribution in [3.8, 4) is 0 Å². The van der Waals surface area contributed by atoms with Crippen LogP contribution in [0.2, 0.25) is 0 Å². The lowest BCUT2D eigenvalue weighted by Gasteiger charge is -2.01. The molecule has 6 heteroatoms. The van der Waals surface area contributed by atoms with Gasteiger partial charge < -0.3 is 0 Å². The third kappa shape index (κ3) is 2.79. The molecular formula is C5H3I3N2S. The maximum absolute atomic E-state index is 4.24. The summed E-state index contributed by atoms with van der Waals surface area (Å²) >= 11 is 8.27.